The summed E-state index contributed by atoms with van der Waals surface area (Å²) in [6.45, 7) is 4.34. The molecule has 200 valence electrons. The molecule has 13 nitrogen and oxygen atoms in total. The average molecular weight is 552 g/mol. The fourth-order valence-corrected chi connectivity index (χ4v) is 4.93. The van der Waals surface area contributed by atoms with Gasteiger partial charge in [-0.1, -0.05) is 26.7 Å². The first-order valence-electron chi connectivity index (χ1n) is 11.3. The Morgan fingerprint density at radius 3 is 1.97 bits per heavy atom. The Morgan fingerprint density at radius 1 is 0.892 bits per heavy atom. The number of amidine groups is 1. The predicted octanol–water partition coefficient (Wildman–Crippen LogP) is 3.29. The molecule has 0 saturated heterocycles. The average Bonchev–Trinajstić information content (AvgIpc) is 2.86. The molecule has 0 atom stereocenters. The minimum atomic E-state index is -3.84. The number of hydrogen-bond donors (Lipinski definition) is 5. The number of unbranched alkanes of at least 4 members (excludes halogenated alkanes) is 2. The highest BCUT2D eigenvalue weighted by molar-refractivity contribution is 7.89. The third kappa shape index (κ3) is 8.79. The molecule has 0 aromatic heterocycles. The van der Waals surface area contributed by atoms with Gasteiger partial charge >= 0.3 is 0 Å². The van der Waals surface area contributed by atoms with Gasteiger partial charge < -0.3 is 10.2 Å². The Bertz CT molecular complexity index is 1400. The van der Waals surface area contributed by atoms with Crippen LogP contribution < -0.4 is 14.9 Å². The van der Waals surface area contributed by atoms with Crippen LogP contribution in [0, 0.1) is 11.3 Å². The van der Waals surface area contributed by atoms with E-state index in [1.165, 1.54) is 12.1 Å². The lowest BCUT2D eigenvalue weighted by Crippen LogP contribution is -2.24. The topological polar surface area (TPSA) is 206 Å². The number of nitrogens with one attached hydrogen (secondary N) is 3. The fraction of sp³-hybridized carbons (Fsp3) is 0.364. The number of benzene rings is 2. The Morgan fingerprint density at radius 2 is 1.43 bits per heavy atom. The molecule has 2 rings (SSSR count). The number of anilines is 1. The smallest absolute Gasteiger partial charge is 0.270 e. The first-order chi connectivity index (χ1) is 17.5. The van der Waals surface area contributed by atoms with Gasteiger partial charge in [0.1, 0.15) is 23.3 Å². The Kier molecular flexibility index (Phi) is 10.9. The van der Waals surface area contributed by atoms with Gasteiger partial charge in [0.05, 0.1) is 15.5 Å². The highest BCUT2D eigenvalue weighted by atomic mass is 32.2. The maximum Gasteiger partial charge on any atom is 0.270 e. The summed E-state index contributed by atoms with van der Waals surface area (Å²) in [5.41, 5.74) is 2.02. The molecule has 5 N–H and O–H groups in total. The molecule has 0 amide bonds. The van der Waals surface area contributed by atoms with Crippen LogP contribution in [0.25, 0.3) is 0 Å². The van der Waals surface area contributed by atoms with Crippen LogP contribution in [0.5, 0.6) is 11.5 Å². The van der Waals surface area contributed by atoms with E-state index in [0.717, 1.165) is 37.1 Å². The molecular weight excluding hydrogens is 522 g/mol. The largest absolute Gasteiger partial charge is 0.506 e. The summed E-state index contributed by atoms with van der Waals surface area (Å²) in [6, 6.07) is 8.55. The Labute approximate surface area is 216 Å². The van der Waals surface area contributed by atoms with Gasteiger partial charge in [-0.05, 0) is 49.2 Å². The Hall–Kier alpha value is -3.58. The zero-order valence-electron chi connectivity index (χ0n) is 20.3. The van der Waals surface area contributed by atoms with E-state index < -0.39 is 25.9 Å². The van der Waals surface area contributed by atoms with E-state index in [9.17, 15) is 32.3 Å². The van der Waals surface area contributed by atoms with Gasteiger partial charge in [-0.2, -0.15) is 5.26 Å². The highest BCUT2D eigenvalue weighted by Gasteiger charge is 2.17. The molecule has 0 fully saturated rings. The molecule has 0 spiro atoms. The third-order valence-corrected chi connectivity index (χ3v) is 7.73. The van der Waals surface area contributed by atoms with Crippen LogP contribution in [0.2, 0.25) is 0 Å². The van der Waals surface area contributed by atoms with E-state index >= 15 is 0 Å². The van der Waals surface area contributed by atoms with Gasteiger partial charge in [0.2, 0.25) is 20.0 Å². The maximum atomic E-state index is 12.4. The van der Waals surface area contributed by atoms with Crippen molar-refractivity contribution in [2.24, 2.45) is 15.3 Å². The van der Waals surface area contributed by atoms with Gasteiger partial charge in [-0.15, -0.1) is 15.3 Å². The normalized spacial score (nSPS) is 12.5. The summed E-state index contributed by atoms with van der Waals surface area (Å²) in [7, 11) is -7.67. The molecule has 0 bridgehead atoms. The molecule has 2 aromatic carbocycles. The molecule has 0 aliphatic rings. The standard InChI is InChI=1S/C22H29N7O6S2/c1-3-5-11-24-36(32,33)16-7-9-20(30)18(13-16)26-28-22(15-23)29-27-19-14-17(8-10-21(19)31)37(34,35)25-12-6-4-2/h7-10,13-14,24-26,30-31H,3-6,11-12H2,1-2H3/b28-22+,29-27?. The van der Waals surface area contributed by atoms with Crippen molar-refractivity contribution in [1.82, 2.24) is 9.44 Å². The van der Waals surface area contributed by atoms with Crippen LogP contribution in [-0.2, 0) is 20.0 Å². The molecule has 0 aliphatic carbocycles. The lowest BCUT2D eigenvalue weighted by Gasteiger charge is -2.09. The molecule has 0 radical (unpaired) electrons. The number of phenolic OH excluding ortho intramolecular Hbond substituents is 2. The molecule has 37 heavy (non-hydrogen) atoms. The molecular formula is C22H29N7O6S2. The quantitative estimate of drug-likeness (QED) is 0.0622. The number of hydrogen-bond acceptors (Lipinski definition) is 10. The second kappa shape index (κ2) is 13.7. The molecule has 0 unspecified atom stereocenters. The van der Waals surface area contributed by atoms with E-state index in [1.807, 2.05) is 13.8 Å². The molecule has 0 heterocycles. The monoisotopic (exact) mass is 551 g/mol. The van der Waals surface area contributed by atoms with Crippen LogP contribution in [0.1, 0.15) is 39.5 Å². The highest BCUT2D eigenvalue weighted by Crippen LogP contribution is 2.30. The van der Waals surface area contributed by atoms with Crippen LogP contribution in [-0.4, -0.2) is 46.0 Å². The van der Waals surface area contributed by atoms with E-state index in [1.54, 1.807) is 6.07 Å². The predicted molar refractivity (Wildman–Crippen MR) is 138 cm³/mol. The van der Waals surface area contributed by atoms with Crippen molar-refractivity contribution in [3.63, 3.8) is 0 Å². The zero-order valence-corrected chi connectivity index (χ0v) is 22.0. The Balaban J connectivity index is 2.24. The van der Waals surface area contributed by atoms with Crippen molar-refractivity contribution in [3.05, 3.63) is 36.4 Å². The molecule has 15 heteroatoms. The van der Waals surface area contributed by atoms with Crippen molar-refractivity contribution in [1.29, 1.82) is 5.26 Å². The van der Waals surface area contributed by atoms with Crippen LogP contribution in [0.4, 0.5) is 11.4 Å². The molecule has 0 aliphatic heterocycles. The number of rotatable bonds is 13. The van der Waals surface area contributed by atoms with Gasteiger partial charge in [-0.25, -0.2) is 26.3 Å². The lowest BCUT2D eigenvalue weighted by molar-refractivity contribution is 0.475. The van der Waals surface area contributed by atoms with Gasteiger partial charge in [-0.3, -0.25) is 5.43 Å². The number of phenols is 2. The number of hydrazone groups is 1. The number of nitriles is 1. The zero-order chi connectivity index (χ0) is 27.5. The summed E-state index contributed by atoms with van der Waals surface area (Å²) < 4.78 is 54.5. The molecule has 0 saturated carbocycles. The maximum absolute atomic E-state index is 12.4. The lowest BCUT2D eigenvalue weighted by atomic mass is 10.3. The van der Waals surface area contributed by atoms with Crippen molar-refractivity contribution in [2.75, 3.05) is 18.5 Å². The number of azo groups is 1. The van der Waals surface area contributed by atoms with E-state index in [2.05, 4.69) is 30.2 Å². The SMILES string of the molecule is CCCCNS(=O)(=O)c1ccc(O)c(N=N/C(C#N)=N/Nc2cc(S(=O)(=O)NCCCC)ccc2O)c1. The van der Waals surface area contributed by atoms with Gasteiger partial charge in [0.15, 0.2) is 0 Å². The van der Waals surface area contributed by atoms with Crippen molar-refractivity contribution < 1.29 is 27.0 Å². The second-order valence-corrected chi connectivity index (χ2v) is 11.2. The van der Waals surface area contributed by atoms with E-state index in [4.69, 9.17) is 0 Å². The van der Waals surface area contributed by atoms with Gasteiger partial charge in [0.25, 0.3) is 5.84 Å². The summed E-state index contributed by atoms with van der Waals surface area (Å²) in [6.07, 6.45) is 2.91. The first-order valence-corrected chi connectivity index (χ1v) is 14.3. The fourth-order valence-electron chi connectivity index (χ4n) is 2.74. The van der Waals surface area contributed by atoms with Gasteiger partial charge in [0, 0.05) is 13.1 Å². The second-order valence-electron chi connectivity index (χ2n) is 7.69. The molecule has 2 aromatic rings. The number of nitrogens with zero attached hydrogens (tertiary/aromatic N) is 4. The summed E-state index contributed by atoms with van der Waals surface area (Å²) >= 11 is 0. The van der Waals surface area contributed by atoms with Crippen LogP contribution in [0.15, 0.2) is 61.5 Å². The van der Waals surface area contributed by atoms with Crippen LogP contribution >= 0.6 is 0 Å². The summed E-state index contributed by atoms with van der Waals surface area (Å²) in [5.74, 6) is -1.27. The summed E-state index contributed by atoms with van der Waals surface area (Å²) in [4.78, 5) is -0.283. The minimum absolute atomic E-state index is 0.115. The van der Waals surface area contributed by atoms with Crippen molar-refractivity contribution in [3.8, 4) is 17.6 Å². The van der Waals surface area contributed by atoms with E-state index in [-0.39, 0.29) is 45.8 Å². The van der Waals surface area contributed by atoms with Crippen molar-refractivity contribution in [2.45, 2.75) is 49.3 Å². The van der Waals surface area contributed by atoms with Crippen molar-refractivity contribution >= 4 is 37.3 Å². The first kappa shape index (κ1) is 29.6. The number of sulfonamides is 2. The third-order valence-electron chi connectivity index (χ3n) is 4.82. The minimum Gasteiger partial charge on any atom is -0.506 e. The van der Waals surface area contributed by atoms with Crippen LogP contribution in [0.3, 0.4) is 0 Å². The van der Waals surface area contributed by atoms with E-state index in [0.29, 0.717) is 12.8 Å². The number of aromatic hydroxyl groups is 2. The summed E-state index contributed by atoms with van der Waals surface area (Å²) in [5, 5.41) is 40.4.